The number of aryl methyl sites for hydroxylation is 2. The molecule has 0 bridgehead atoms. The number of nitrogens with zero attached hydrogens (tertiary/aromatic N) is 2. The van der Waals surface area contributed by atoms with Gasteiger partial charge in [-0.1, -0.05) is 0 Å². The average Bonchev–Trinajstić information content (AvgIpc) is 2.73. The van der Waals surface area contributed by atoms with E-state index >= 15 is 0 Å². The molecule has 1 aliphatic rings. The molecule has 0 aromatic carbocycles. The summed E-state index contributed by atoms with van der Waals surface area (Å²) in [6.45, 7) is 6.76. The van der Waals surface area contributed by atoms with Gasteiger partial charge in [-0.3, -0.25) is 9.89 Å². The van der Waals surface area contributed by atoms with Gasteiger partial charge in [-0.25, -0.2) is 0 Å². The highest BCUT2D eigenvalue weighted by molar-refractivity contribution is 5.96. The van der Waals surface area contributed by atoms with Crippen LogP contribution in [0.15, 0.2) is 0 Å². The maximum absolute atomic E-state index is 12.2. The maximum Gasteiger partial charge on any atom is 0.257 e. The van der Waals surface area contributed by atoms with Gasteiger partial charge in [-0.2, -0.15) is 5.10 Å². The summed E-state index contributed by atoms with van der Waals surface area (Å²) in [7, 11) is 0. The van der Waals surface area contributed by atoms with E-state index in [1.807, 2.05) is 18.7 Å². The predicted molar refractivity (Wildman–Crippen MR) is 57.8 cm³/mol. The molecule has 15 heavy (non-hydrogen) atoms. The summed E-state index contributed by atoms with van der Waals surface area (Å²) in [5.41, 5.74) is 2.43. The number of aromatic nitrogens is 2. The Bertz CT molecular complexity index is 364. The molecule has 2 rings (SSSR count). The molecule has 0 aliphatic carbocycles. The quantitative estimate of drug-likeness (QED) is 0.761. The second kappa shape index (κ2) is 3.68. The molecule has 0 radical (unpaired) electrons. The summed E-state index contributed by atoms with van der Waals surface area (Å²) in [5, 5.41) is 6.92. The van der Waals surface area contributed by atoms with Crippen molar-refractivity contribution in [1.82, 2.24) is 15.1 Å². The van der Waals surface area contributed by atoms with Gasteiger partial charge < -0.3 is 4.90 Å². The zero-order valence-corrected chi connectivity index (χ0v) is 9.50. The van der Waals surface area contributed by atoms with E-state index < -0.39 is 0 Å². The molecule has 1 saturated heterocycles. The van der Waals surface area contributed by atoms with Gasteiger partial charge in [0.05, 0.1) is 11.3 Å². The van der Waals surface area contributed by atoms with Crippen molar-refractivity contribution in [2.45, 2.75) is 39.7 Å². The van der Waals surface area contributed by atoms with Crippen molar-refractivity contribution < 1.29 is 4.79 Å². The van der Waals surface area contributed by atoms with Crippen molar-refractivity contribution >= 4 is 5.91 Å². The van der Waals surface area contributed by atoms with Crippen LogP contribution in [0.2, 0.25) is 0 Å². The monoisotopic (exact) mass is 207 g/mol. The van der Waals surface area contributed by atoms with Crippen LogP contribution in [0.3, 0.4) is 0 Å². The van der Waals surface area contributed by atoms with Crippen LogP contribution >= 0.6 is 0 Å². The maximum atomic E-state index is 12.2. The van der Waals surface area contributed by atoms with Gasteiger partial charge in [-0.15, -0.1) is 0 Å². The minimum atomic E-state index is 0.128. The summed E-state index contributed by atoms with van der Waals surface area (Å²) in [6.07, 6.45) is 2.23. The van der Waals surface area contributed by atoms with Gasteiger partial charge in [0.2, 0.25) is 0 Å². The number of nitrogens with one attached hydrogen (secondary N) is 1. The Labute approximate surface area is 89.7 Å². The molecular formula is C11H17N3O. The van der Waals surface area contributed by atoms with Crippen LogP contribution in [0.5, 0.6) is 0 Å². The molecule has 4 nitrogen and oxygen atoms in total. The highest BCUT2D eigenvalue weighted by Gasteiger charge is 2.28. The fourth-order valence-corrected chi connectivity index (χ4v) is 2.24. The van der Waals surface area contributed by atoms with E-state index in [4.69, 9.17) is 0 Å². The lowest BCUT2D eigenvalue weighted by Crippen LogP contribution is -2.34. The molecule has 0 spiro atoms. The number of rotatable bonds is 1. The first-order chi connectivity index (χ1) is 7.11. The van der Waals surface area contributed by atoms with E-state index in [0.29, 0.717) is 6.04 Å². The van der Waals surface area contributed by atoms with E-state index in [-0.39, 0.29) is 5.91 Å². The van der Waals surface area contributed by atoms with Crippen LogP contribution in [-0.2, 0) is 0 Å². The molecule has 1 amide bonds. The van der Waals surface area contributed by atoms with Crippen LogP contribution < -0.4 is 0 Å². The number of amides is 1. The second-order valence-corrected chi connectivity index (χ2v) is 4.30. The Hall–Kier alpha value is -1.32. The normalized spacial score (nSPS) is 21.0. The summed E-state index contributed by atoms with van der Waals surface area (Å²) in [4.78, 5) is 14.2. The summed E-state index contributed by atoms with van der Waals surface area (Å²) < 4.78 is 0. The molecule has 1 aromatic heterocycles. The van der Waals surface area contributed by atoms with Crippen LogP contribution in [-0.4, -0.2) is 33.6 Å². The molecule has 1 unspecified atom stereocenters. The average molecular weight is 207 g/mol. The molecule has 1 N–H and O–H groups in total. The molecular weight excluding hydrogens is 190 g/mol. The largest absolute Gasteiger partial charge is 0.336 e. The number of aromatic amines is 1. The zero-order chi connectivity index (χ0) is 11.0. The SMILES string of the molecule is Cc1n[nH]c(C)c1C(=O)N1CCCC1C. The van der Waals surface area contributed by atoms with Gasteiger partial charge in [0.1, 0.15) is 0 Å². The standard InChI is InChI=1S/C11H17N3O/c1-7-5-4-6-14(7)11(15)10-8(2)12-13-9(10)3/h7H,4-6H2,1-3H3,(H,12,13). The summed E-state index contributed by atoms with van der Waals surface area (Å²) in [5.74, 6) is 0.128. The Balaban J connectivity index is 2.28. The van der Waals surface area contributed by atoms with Gasteiger partial charge in [0.15, 0.2) is 0 Å². The Morgan fingerprint density at radius 2 is 2.27 bits per heavy atom. The van der Waals surface area contributed by atoms with Crippen molar-refractivity contribution in [3.8, 4) is 0 Å². The first-order valence-electron chi connectivity index (χ1n) is 5.43. The van der Waals surface area contributed by atoms with E-state index in [1.54, 1.807) is 0 Å². The van der Waals surface area contributed by atoms with Crippen molar-refractivity contribution in [2.75, 3.05) is 6.54 Å². The first-order valence-corrected chi connectivity index (χ1v) is 5.43. The fourth-order valence-electron chi connectivity index (χ4n) is 2.24. The molecule has 4 heteroatoms. The number of H-pyrrole nitrogens is 1. The van der Waals surface area contributed by atoms with Crippen LogP contribution in [0.25, 0.3) is 0 Å². The van der Waals surface area contributed by atoms with Crippen LogP contribution in [0, 0.1) is 13.8 Å². The molecule has 82 valence electrons. The first kappa shape index (κ1) is 10.2. The highest BCUT2D eigenvalue weighted by Crippen LogP contribution is 2.21. The Morgan fingerprint density at radius 1 is 1.53 bits per heavy atom. The second-order valence-electron chi connectivity index (χ2n) is 4.30. The van der Waals surface area contributed by atoms with Crippen LogP contribution in [0.4, 0.5) is 0 Å². The lowest BCUT2D eigenvalue weighted by molar-refractivity contribution is 0.0746. The molecule has 1 fully saturated rings. The van der Waals surface area contributed by atoms with E-state index in [2.05, 4.69) is 17.1 Å². The van der Waals surface area contributed by atoms with Gasteiger partial charge in [0, 0.05) is 18.3 Å². The summed E-state index contributed by atoms with van der Waals surface area (Å²) >= 11 is 0. The smallest absolute Gasteiger partial charge is 0.257 e. The third-order valence-electron chi connectivity index (χ3n) is 3.16. The van der Waals surface area contributed by atoms with Crippen molar-refractivity contribution in [3.63, 3.8) is 0 Å². The molecule has 2 heterocycles. The minimum absolute atomic E-state index is 0.128. The van der Waals surface area contributed by atoms with Crippen molar-refractivity contribution in [2.24, 2.45) is 0 Å². The third-order valence-corrected chi connectivity index (χ3v) is 3.16. The molecule has 1 atom stereocenters. The van der Waals surface area contributed by atoms with Gasteiger partial charge in [0.25, 0.3) is 5.91 Å². The van der Waals surface area contributed by atoms with E-state index in [1.165, 1.54) is 0 Å². The van der Waals surface area contributed by atoms with Crippen molar-refractivity contribution in [3.05, 3.63) is 17.0 Å². The van der Waals surface area contributed by atoms with Gasteiger partial charge >= 0.3 is 0 Å². The Kier molecular flexibility index (Phi) is 2.50. The Morgan fingerprint density at radius 3 is 2.73 bits per heavy atom. The number of carbonyl (C=O) groups excluding carboxylic acids is 1. The molecule has 0 saturated carbocycles. The minimum Gasteiger partial charge on any atom is -0.336 e. The molecule has 1 aliphatic heterocycles. The third kappa shape index (κ3) is 1.64. The topological polar surface area (TPSA) is 49.0 Å². The van der Waals surface area contributed by atoms with Crippen LogP contribution in [0.1, 0.15) is 41.5 Å². The molecule has 1 aromatic rings. The number of likely N-dealkylation sites (tertiary alicyclic amines) is 1. The number of carbonyl (C=O) groups is 1. The predicted octanol–water partition coefficient (Wildman–Crippen LogP) is 1.65. The zero-order valence-electron chi connectivity index (χ0n) is 9.50. The van der Waals surface area contributed by atoms with E-state index in [9.17, 15) is 4.79 Å². The summed E-state index contributed by atoms with van der Waals surface area (Å²) in [6, 6.07) is 0.367. The number of hydrogen-bond donors (Lipinski definition) is 1. The lowest BCUT2D eigenvalue weighted by Gasteiger charge is -2.21. The fraction of sp³-hybridized carbons (Fsp3) is 0.636. The van der Waals surface area contributed by atoms with Gasteiger partial charge in [-0.05, 0) is 33.6 Å². The van der Waals surface area contributed by atoms with E-state index in [0.717, 1.165) is 36.3 Å². The highest BCUT2D eigenvalue weighted by atomic mass is 16.2. The van der Waals surface area contributed by atoms with Crippen molar-refractivity contribution in [1.29, 1.82) is 0 Å². The lowest BCUT2D eigenvalue weighted by atomic mass is 10.1. The number of hydrogen-bond acceptors (Lipinski definition) is 2.